The van der Waals surface area contributed by atoms with Gasteiger partial charge in [-0.2, -0.15) is 13.2 Å². The summed E-state index contributed by atoms with van der Waals surface area (Å²) in [6.45, 7) is 1.90. The molecule has 2 aliphatic heterocycles. The van der Waals surface area contributed by atoms with E-state index in [0.717, 1.165) is 28.2 Å². The van der Waals surface area contributed by atoms with Gasteiger partial charge >= 0.3 is 6.18 Å². The molecule has 0 saturated carbocycles. The van der Waals surface area contributed by atoms with Crippen LogP contribution in [0.4, 0.5) is 24.5 Å². The summed E-state index contributed by atoms with van der Waals surface area (Å²) in [5.41, 5.74) is 1.34. The van der Waals surface area contributed by atoms with Crippen LogP contribution >= 0.6 is 0 Å². The van der Waals surface area contributed by atoms with E-state index in [2.05, 4.69) is 0 Å². The predicted octanol–water partition coefficient (Wildman–Crippen LogP) is 5.06. The molecule has 0 unspecified atom stereocenters. The highest BCUT2D eigenvalue weighted by molar-refractivity contribution is 6.24. The summed E-state index contributed by atoms with van der Waals surface area (Å²) in [4.78, 5) is 33.7. The zero-order valence-electron chi connectivity index (χ0n) is 17.5. The minimum Gasteiger partial charge on any atom is -0.273 e. The zero-order chi connectivity index (χ0) is 23.3. The fraction of sp³-hybridized carbons (Fsp3) is 0.200. The van der Waals surface area contributed by atoms with Crippen molar-refractivity contribution in [2.24, 2.45) is 5.92 Å². The maximum absolute atomic E-state index is 13.5. The number of alkyl halides is 3. The summed E-state index contributed by atoms with van der Waals surface area (Å²) < 4.78 is 39.7. The van der Waals surface area contributed by atoms with E-state index < -0.39 is 41.6 Å². The van der Waals surface area contributed by atoms with Crippen molar-refractivity contribution < 1.29 is 27.6 Å². The minimum absolute atomic E-state index is 0.118. The van der Waals surface area contributed by atoms with Gasteiger partial charge in [0.2, 0.25) is 5.91 Å². The van der Waals surface area contributed by atoms with Gasteiger partial charge in [-0.1, -0.05) is 48.5 Å². The molecule has 0 spiro atoms. The molecule has 168 valence electrons. The van der Waals surface area contributed by atoms with Gasteiger partial charge in [0, 0.05) is 0 Å². The van der Waals surface area contributed by atoms with Crippen LogP contribution in [0.5, 0.6) is 0 Å². The van der Waals surface area contributed by atoms with Crippen molar-refractivity contribution in [2.45, 2.75) is 25.2 Å². The second kappa shape index (κ2) is 7.74. The number of nitrogens with zero attached hydrogens (tertiary/aromatic N) is 2. The van der Waals surface area contributed by atoms with E-state index in [0.29, 0.717) is 5.69 Å². The quantitative estimate of drug-likeness (QED) is 0.521. The third-order valence-corrected chi connectivity index (χ3v) is 6.06. The van der Waals surface area contributed by atoms with Gasteiger partial charge in [0.15, 0.2) is 6.10 Å². The number of aryl methyl sites for hydroxylation is 1. The Labute approximate surface area is 187 Å². The number of hydroxylamine groups is 1. The fourth-order valence-electron chi connectivity index (χ4n) is 4.52. The first kappa shape index (κ1) is 21.2. The third-order valence-electron chi connectivity index (χ3n) is 6.06. The Hall–Kier alpha value is -3.65. The molecule has 0 bridgehead atoms. The molecule has 33 heavy (non-hydrogen) atoms. The number of carbonyl (C=O) groups excluding carboxylic acids is 2. The Morgan fingerprint density at radius 1 is 0.818 bits per heavy atom. The lowest BCUT2D eigenvalue weighted by molar-refractivity contribution is -0.137. The molecule has 3 aromatic carbocycles. The molecule has 2 amide bonds. The summed E-state index contributed by atoms with van der Waals surface area (Å²) in [6, 6.07) is 20.2. The van der Waals surface area contributed by atoms with Crippen molar-refractivity contribution in [3.8, 4) is 0 Å². The van der Waals surface area contributed by atoms with Crippen molar-refractivity contribution in [2.75, 3.05) is 9.96 Å². The Balaban J connectivity index is 1.59. The van der Waals surface area contributed by atoms with Crippen molar-refractivity contribution in [1.29, 1.82) is 0 Å². The minimum atomic E-state index is -4.60. The van der Waals surface area contributed by atoms with Gasteiger partial charge in [0.1, 0.15) is 5.92 Å². The van der Waals surface area contributed by atoms with Crippen LogP contribution in [0.25, 0.3) is 0 Å². The summed E-state index contributed by atoms with van der Waals surface area (Å²) in [6.07, 6.45) is -5.74. The lowest BCUT2D eigenvalue weighted by Crippen LogP contribution is -2.37. The Bertz CT molecular complexity index is 1230. The molecule has 2 saturated heterocycles. The standard InChI is InChI=1S/C25H19F3N2O3/c1-15-8-5-6-13-19(15)21-20-22(33-30(21)17-10-3-2-4-11-17)24(32)29(23(20)31)18-12-7-9-16(14-18)25(26,27)28/h2-14,20-22H,1H3/t20-,21-,22-/m1/s1. The van der Waals surface area contributed by atoms with Crippen LogP contribution in [-0.2, 0) is 20.6 Å². The molecule has 5 rings (SSSR count). The first-order chi connectivity index (χ1) is 15.8. The number of halogens is 3. The van der Waals surface area contributed by atoms with Crippen molar-refractivity contribution in [1.82, 2.24) is 0 Å². The van der Waals surface area contributed by atoms with E-state index >= 15 is 0 Å². The molecule has 3 aromatic rings. The van der Waals surface area contributed by atoms with Crippen LogP contribution in [0.3, 0.4) is 0 Å². The van der Waals surface area contributed by atoms with Crippen LogP contribution < -0.4 is 9.96 Å². The summed E-state index contributed by atoms with van der Waals surface area (Å²) in [7, 11) is 0. The molecule has 0 aromatic heterocycles. The van der Waals surface area contributed by atoms with E-state index in [4.69, 9.17) is 4.84 Å². The van der Waals surface area contributed by atoms with E-state index in [1.54, 1.807) is 5.06 Å². The van der Waals surface area contributed by atoms with Crippen LogP contribution in [0, 0.1) is 12.8 Å². The number of hydrogen-bond acceptors (Lipinski definition) is 4. The number of anilines is 2. The Morgan fingerprint density at radius 3 is 2.18 bits per heavy atom. The van der Waals surface area contributed by atoms with Gasteiger partial charge in [-0.3, -0.25) is 14.4 Å². The van der Waals surface area contributed by atoms with Crippen LogP contribution in [0.1, 0.15) is 22.7 Å². The van der Waals surface area contributed by atoms with E-state index in [1.807, 2.05) is 61.5 Å². The van der Waals surface area contributed by atoms with Crippen LogP contribution in [-0.4, -0.2) is 17.9 Å². The molecule has 3 atom stereocenters. The topological polar surface area (TPSA) is 49.9 Å². The number of carbonyl (C=O) groups is 2. The van der Waals surface area contributed by atoms with Gasteiger partial charge < -0.3 is 0 Å². The number of para-hydroxylation sites is 1. The molecule has 0 aliphatic carbocycles. The molecule has 2 fully saturated rings. The first-order valence-corrected chi connectivity index (χ1v) is 10.4. The zero-order valence-corrected chi connectivity index (χ0v) is 17.5. The third kappa shape index (κ3) is 3.47. The van der Waals surface area contributed by atoms with Crippen molar-refractivity contribution >= 4 is 23.2 Å². The Morgan fingerprint density at radius 2 is 1.48 bits per heavy atom. The van der Waals surface area contributed by atoms with Gasteiger partial charge in [0.05, 0.1) is 23.0 Å². The van der Waals surface area contributed by atoms with Gasteiger partial charge in [-0.15, -0.1) is 0 Å². The molecule has 8 heteroatoms. The molecule has 0 N–H and O–H groups in total. The lowest BCUT2D eigenvalue weighted by Gasteiger charge is -2.29. The summed E-state index contributed by atoms with van der Waals surface area (Å²) in [5.74, 6) is -2.18. The van der Waals surface area contributed by atoms with Crippen molar-refractivity contribution in [3.63, 3.8) is 0 Å². The number of hydrogen-bond donors (Lipinski definition) is 0. The highest BCUT2D eigenvalue weighted by atomic mass is 19.4. The molecule has 2 aliphatic rings. The summed E-state index contributed by atoms with van der Waals surface area (Å²) in [5, 5.41) is 1.57. The number of imide groups is 1. The SMILES string of the molecule is Cc1ccccc1[C@@H]1[C@H]2C(=O)N(c3cccc(C(F)(F)F)c3)C(=O)[C@@H]2ON1c1ccccc1. The lowest BCUT2D eigenvalue weighted by atomic mass is 9.88. The highest BCUT2D eigenvalue weighted by Crippen LogP contribution is 2.48. The van der Waals surface area contributed by atoms with Crippen molar-refractivity contribution in [3.05, 3.63) is 95.6 Å². The van der Waals surface area contributed by atoms with Crippen LogP contribution in [0.2, 0.25) is 0 Å². The van der Waals surface area contributed by atoms with Gasteiger partial charge in [-0.25, -0.2) is 9.96 Å². The molecule has 0 radical (unpaired) electrons. The predicted molar refractivity (Wildman–Crippen MR) is 115 cm³/mol. The smallest absolute Gasteiger partial charge is 0.273 e. The maximum Gasteiger partial charge on any atom is 0.416 e. The average molecular weight is 452 g/mol. The maximum atomic E-state index is 13.5. The van der Waals surface area contributed by atoms with Gasteiger partial charge in [0.25, 0.3) is 5.91 Å². The molecular weight excluding hydrogens is 433 g/mol. The van der Waals surface area contributed by atoms with E-state index in [-0.39, 0.29) is 5.69 Å². The van der Waals surface area contributed by atoms with Crippen LogP contribution in [0.15, 0.2) is 78.9 Å². The molecule has 2 heterocycles. The Kier molecular flexibility index (Phi) is 4.97. The monoisotopic (exact) mass is 452 g/mol. The highest BCUT2D eigenvalue weighted by Gasteiger charge is 2.60. The number of amides is 2. The number of rotatable bonds is 3. The second-order valence-electron chi connectivity index (χ2n) is 8.07. The molecular formula is C25H19F3N2O3. The average Bonchev–Trinajstić information content (AvgIpc) is 3.30. The fourth-order valence-corrected chi connectivity index (χ4v) is 4.52. The first-order valence-electron chi connectivity index (χ1n) is 10.4. The number of fused-ring (bicyclic) bond motifs is 1. The largest absolute Gasteiger partial charge is 0.416 e. The van der Waals surface area contributed by atoms with E-state index in [9.17, 15) is 22.8 Å². The normalized spacial score (nSPS) is 22.7. The second-order valence-corrected chi connectivity index (χ2v) is 8.07. The number of benzene rings is 3. The summed E-state index contributed by atoms with van der Waals surface area (Å²) >= 11 is 0. The van der Waals surface area contributed by atoms with E-state index in [1.165, 1.54) is 12.1 Å². The molecule has 5 nitrogen and oxygen atoms in total. The van der Waals surface area contributed by atoms with Gasteiger partial charge in [-0.05, 0) is 48.4 Å².